The second-order valence-electron chi connectivity index (χ2n) is 14.7. The van der Waals surface area contributed by atoms with E-state index >= 15 is 0 Å². The molecular weight excluding hydrogens is 612 g/mol. The summed E-state index contributed by atoms with van der Waals surface area (Å²) in [6, 6.07) is 7.86. The molecule has 47 heavy (non-hydrogen) atoms. The molecule has 1 aromatic heterocycles. The summed E-state index contributed by atoms with van der Waals surface area (Å²) >= 11 is 0. The molecule has 0 amide bonds. The van der Waals surface area contributed by atoms with E-state index in [0.717, 1.165) is 71.4 Å². The molecule has 0 saturated carbocycles. The van der Waals surface area contributed by atoms with Gasteiger partial charge >= 0.3 is 5.03 Å². The molecule has 2 aromatic carbocycles. The van der Waals surface area contributed by atoms with Gasteiger partial charge in [0.2, 0.25) is 0 Å². The van der Waals surface area contributed by atoms with Gasteiger partial charge in [-0.15, -0.1) is 0 Å². The predicted molar refractivity (Wildman–Crippen MR) is 184 cm³/mol. The molecule has 0 bridgehead atoms. The molecule has 0 saturated heterocycles. The van der Waals surface area contributed by atoms with Crippen LogP contribution in [0.15, 0.2) is 44.9 Å². The number of aromatic nitrogens is 2. The van der Waals surface area contributed by atoms with Crippen LogP contribution in [0, 0.1) is 43.7 Å². The van der Waals surface area contributed by atoms with E-state index in [0.29, 0.717) is 5.75 Å². The fourth-order valence-corrected chi connectivity index (χ4v) is 8.22. The Morgan fingerprint density at radius 1 is 0.915 bits per heavy atom. The molecule has 0 aliphatic carbocycles. The van der Waals surface area contributed by atoms with Crippen molar-refractivity contribution >= 4 is 9.84 Å². The van der Waals surface area contributed by atoms with Gasteiger partial charge in [-0.2, -0.15) is 0 Å². The largest absolute Gasteiger partial charge is 0.487 e. The monoisotopic (exact) mass is 668 g/mol. The average molecular weight is 669 g/mol. The zero-order valence-corrected chi connectivity index (χ0v) is 30.7. The Hall–Kier alpha value is -3.07. The van der Waals surface area contributed by atoms with Crippen molar-refractivity contribution < 1.29 is 27.4 Å². The Balaban J connectivity index is 1.35. The fraction of sp³-hybridized carbons (Fsp3) is 0.632. The first kappa shape index (κ1) is 36.8. The topological polar surface area (TPSA) is 106 Å². The predicted octanol–water partition coefficient (Wildman–Crippen LogP) is 9.17. The minimum atomic E-state index is -4.06. The van der Waals surface area contributed by atoms with Gasteiger partial charge in [0.15, 0.2) is 6.61 Å². The summed E-state index contributed by atoms with van der Waals surface area (Å²) in [6.07, 6.45) is 13.2. The summed E-state index contributed by atoms with van der Waals surface area (Å²) in [6.45, 7) is 17.4. The van der Waals surface area contributed by atoms with Crippen LogP contribution in [0.1, 0.15) is 127 Å². The van der Waals surface area contributed by atoms with Crippen molar-refractivity contribution in [2.75, 3.05) is 0 Å². The van der Waals surface area contributed by atoms with Gasteiger partial charge in [0, 0.05) is 5.56 Å². The SMILES string of the molecule is Cc1c(C)c2c(c(C)c1OCc1c(S(=O)(=O)c3ccccc3)no[n+]1[O-])CCC(C)(CCCC(C)CCCC(C)CCCC(C)C)O2. The fourth-order valence-electron chi connectivity index (χ4n) is 6.90. The van der Waals surface area contributed by atoms with E-state index in [4.69, 9.17) is 14.1 Å². The summed E-state index contributed by atoms with van der Waals surface area (Å²) in [4.78, 5) is 0.135. The molecule has 260 valence electrons. The molecule has 1 aliphatic heterocycles. The van der Waals surface area contributed by atoms with Gasteiger partial charge in [0.1, 0.15) is 17.1 Å². The van der Waals surface area contributed by atoms with Crippen molar-refractivity contribution in [1.82, 2.24) is 5.16 Å². The molecule has 0 spiro atoms. The Morgan fingerprint density at radius 3 is 2.17 bits per heavy atom. The highest BCUT2D eigenvalue weighted by Crippen LogP contribution is 2.45. The molecule has 0 radical (unpaired) electrons. The van der Waals surface area contributed by atoms with Crippen molar-refractivity contribution in [3.8, 4) is 11.5 Å². The van der Waals surface area contributed by atoms with Gasteiger partial charge in [0.25, 0.3) is 15.5 Å². The van der Waals surface area contributed by atoms with Gasteiger partial charge < -0.3 is 14.7 Å². The third kappa shape index (κ3) is 9.09. The lowest BCUT2D eigenvalue weighted by molar-refractivity contribution is -0.809. The van der Waals surface area contributed by atoms with Crippen LogP contribution in [0.3, 0.4) is 0 Å². The van der Waals surface area contributed by atoms with Crippen LogP contribution >= 0.6 is 0 Å². The maximum Gasteiger partial charge on any atom is 0.342 e. The number of hydrogen-bond donors (Lipinski definition) is 0. The molecule has 8 nitrogen and oxygen atoms in total. The van der Waals surface area contributed by atoms with E-state index in [1.165, 1.54) is 57.1 Å². The zero-order chi connectivity index (χ0) is 34.4. The van der Waals surface area contributed by atoms with E-state index in [1.54, 1.807) is 18.2 Å². The van der Waals surface area contributed by atoms with E-state index in [2.05, 4.69) is 39.8 Å². The maximum absolute atomic E-state index is 13.2. The molecule has 0 fully saturated rings. The summed E-state index contributed by atoms with van der Waals surface area (Å²) in [7, 11) is -4.06. The quantitative estimate of drug-likeness (QED) is 0.132. The first-order chi connectivity index (χ1) is 22.2. The van der Waals surface area contributed by atoms with Crippen molar-refractivity contribution in [2.45, 2.75) is 148 Å². The molecular formula is C38H56N2O6S. The third-order valence-corrected chi connectivity index (χ3v) is 11.9. The van der Waals surface area contributed by atoms with Crippen molar-refractivity contribution in [1.29, 1.82) is 0 Å². The van der Waals surface area contributed by atoms with E-state index in [1.807, 2.05) is 20.8 Å². The summed E-state index contributed by atoms with van der Waals surface area (Å²) in [5.41, 5.74) is 3.53. The highest BCUT2D eigenvalue weighted by Gasteiger charge is 2.36. The number of nitrogens with zero attached hydrogens (tertiary/aromatic N) is 2. The van der Waals surface area contributed by atoms with Crippen molar-refractivity contribution in [3.05, 3.63) is 63.5 Å². The van der Waals surface area contributed by atoms with Crippen LogP contribution in [0.5, 0.6) is 11.5 Å². The minimum Gasteiger partial charge on any atom is -0.487 e. The van der Waals surface area contributed by atoms with Gasteiger partial charge in [-0.3, -0.25) is 4.63 Å². The van der Waals surface area contributed by atoms with Gasteiger partial charge in [-0.1, -0.05) is 90.8 Å². The number of benzene rings is 2. The number of fused-ring (bicyclic) bond motifs is 1. The molecule has 1 aliphatic rings. The standard InChI is InChI=1S/C38H56N2O6S/c1-26(2)15-12-16-27(3)17-13-18-28(4)19-14-23-38(8)24-22-33-31(7)35(29(5)30(6)36(33)45-38)44-25-34-37(39-46-40(34)41)47(42,43)32-20-10-9-11-21-32/h9-11,20-21,26-28H,12-19,22-25H2,1-8H3. The van der Waals surface area contributed by atoms with Crippen LogP contribution in [-0.4, -0.2) is 19.2 Å². The lowest BCUT2D eigenvalue weighted by atomic mass is 9.83. The first-order valence-corrected chi connectivity index (χ1v) is 19.0. The molecule has 3 atom stereocenters. The Morgan fingerprint density at radius 2 is 1.53 bits per heavy atom. The third-order valence-electron chi connectivity index (χ3n) is 10.2. The number of hydrogen-bond acceptors (Lipinski definition) is 7. The highest BCUT2D eigenvalue weighted by molar-refractivity contribution is 7.91. The number of sulfone groups is 1. The van der Waals surface area contributed by atoms with Crippen molar-refractivity contribution in [2.24, 2.45) is 17.8 Å². The molecule has 3 unspecified atom stereocenters. The Labute approximate surface area is 282 Å². The summed E-state index contributed by atoms with van der Waals surface area (Å²) < 4.78 is 44.1. The Kier molecular flexibility index (Phi) is 12.4. The highest BCUT2D eigenvalue weighted by atomic mass is 32.2. The maximum atomic E-state index is 13.2. The smallest absolute Gasteiger partial charge is 0.342 e. The number of ether oxygens (including phenoxy) is 2. The van der Waals surface area contributed by atoms with Crippen LogP contribution < -0.4 is 14.4 Å². The number of rotatable bonds is 17. The molecule has 3 aromatic rings. The van der Waals surface area contributed by atoms with Crippen LogP contribution in [0.2, 0.25) is 0 Å². The lowest BCUT2D eigenvalue weighted by Crippen LogP contribution is -2.37. The Bertz CT molecular complexity index is 1580. The molecule has 4 rings (SSSR count). The van der Waals surface area contributed by atoms with Crippen molar-refractivity contribution in [3.63, 3.8) is 0 Å². The van der Waals surface area contributed by atoms with Crippen LogP contribution in [0.4, 0.5) is 0 Å². The van der Waals surface area contributed by atoms with Gasteiger partial charge in [-0.25, -0.2) is 8.42 Å². The second-order valence-corrected chi connectivity index (χ2v) is 16.6. The van der Waals surface area contributed by atoms with E-state index in [-0.39, 0.29) is 27.7 Å². The van der Waals surface area contributed by atoms with Gasteiger partial charge in [0.05, 0.1) is 10.1 Å². The van der Waals surface area contributed by atoms with E-state index < -0.39 is 14.9 Å². The lowest BCUT2D eigenvalue weighted by Gasteiger charge is -2.38. The zero-order valence-electron chi connectivity index (χ0n) is 29.9. The minimum absolute atomic E-state index is 0.0272. The average Bonchev–Trinajstić information content (AvgIpc) is 3.40. The molecule has 9 heteroatoms. The normalized spacial score (nSPS) is 17.7. The summed E-state index contributed by atoms with van der Waals surface area (Å²) in [5, 5.41) is 15.6. The summed E-state index contributed by atoms with van der Waals surface area (Å²) in [5.74, 6) is 3.92. The molecule has 2 heterocycles. The van der Waals surface area contributed by atoms with Crippen LogP contribution in [0.25, 0.3) is 0 Å². The first-order valence-electron chi connectivity index (χ1n) is 17.6. The van der Waals surface area contributed by atoms with Crippen LogP contribution in [-0.2, 0) is 22.9 Å². The molecule has 0 N–H and O–H groups in total. The van der Waals surface area contributed by atoms with Gasteiger partial charge in [-0.05, 0) is 105 Å². The van der Waals surface area contributed by atoms with E-state index in [9.17, 15) is 13.6 Å². The second kappa shape index (κ2) is 15.9.